The van der Waals surface area contributed by atoms with Crippen LogP contribution in [0.5, 0.6) is 0 Å². The molecule has 11 aromatic rings. The Morgan fingerprint density at radius 3 is 1.71 bits per heavy atom. The maximum absolute atomic E-state index is 2.60. The van der Waals surface area contributed by atoms with Crippen molar-refractivity contribution in [3.63, 3.8) is 0 Å². The third kappa shape index (κ3) is 5.63. The molecular formula is C67H49N. The third-order valence-electron chi connectivity index (χ3n) is 16.0. The topological polar surface area (TPSA) is 4.93 Å². The smallest absolute Gasteiger partial charge is 0.0726 e. The van der Waals surface area contributed by atoms with Crippen LogP contribution in [0.15, 0.2) is 218 Å². The van der Waals surface area contributed by atoms with Gasteiger partial charge >= 0.3 is 0 Å². The van der Waals surface area contributed by atoms with Crippen molar-refractivity contribution in [3.05, 3.63) is 268 Å². The van der Waals surface area contributed by atoms with E-state index in [0.29, 0.717) is 5.92 Å². The molecule has 0 bridgehead atoms. The molecule has 322 valence electrons. The molecule has 1 heterocycles. The van der Waals surface area contributed by atoms with Gasteiger partial charge in [-0.15, -0.1) is 0 Å². The Bertz CT molecular complexity index is 3870. The second-order valence-corrected chi connectivity index (χ2v) is 19.6. The molecule has 2 atom stereocenters. The summed E-state index contributed by atoms with van der Waals surface area (Å²) in [5, 5.41) is 2.55. The fourth-order valence-electron chi connectivity index (χ4n) is 12.9. The van der Waals surface area contributed by atoms with E-state index >= 15 is 0 Å². The molecule has 14 rings (SSSR count). The quantitative estimate of drug-likeness (QED) is 0.157. The number of hydrogen-bond acceptors (Lipinski definition) is 0. The minimum Gasteiger partial charge on any atom is -0.309 e. The lowest BCUT2D eigenvalue weighted by Crippen LogP contribution is -2.26. The number of nitrogens with zero attached hydrogens (tertiary/aromatic N) is 1. The fourth-order valence-corrected chi connectivity index (χ4v) is 12.9. The first-order valence-electron chi connectivity index (χ1n) is 24.4. The molecular weight excluding hydrogens is 819 g/mol. The molecule has 0 aliphatic heterocycles. The van der Waals surface area contributed by atoms with E-state index < -0.39 is 5.41 Å². The van der Waals surface area contributed by atoms with Crippen LogP contribution in [0, 0.1) is 13.8 Å². The van der Waals surface area contributed by atoms with E-state index in [1.165, 1.54) is 133 Å². The van der Waals surface area contributed by atoms with Crippen LogP contribution in [0.4, 0.5) is 0 Å². The highest BCUT2D eigenvalue weighted by molar-refractivity contribution is 6.11. The van der Waals surface area contributed by atoms with Crippen molar-refractivity contribution >= 4 is 21.8 Å². The van der Waals surface area contributed by atoms with Crippen molar-refractivity contribution in [1.82, 2.24) is 4.57 Å². The van der Waals surface area contributed by atoms with Crippen LogP contribution in [-0.4, -0.2) is 4.57 Å². The van der Waals surface area contributed by atoms with Crippen molar-refractivity contribution in [2.45, 2.75) is 44.4 Å². The molecule has 1 heteroatoms. The van der Waals surface area contributed by atoms with E-state index in [1.807, 2.05) is 0 Å². The lowest BCUT2D eigenvalue weighted by Gasteiger charge is -2.31. The van der Waals surface area contributed by atoms with Gasteiger partial charge in [0.25, 0.3) is 0 Å². The molecule has 68 heavy (non-hydrogen) atoms. The van der Waals surface area contributed by atoms with Crippen molar-refractivity contribution in [1.29, 1.82) is 0 Å². The van der Waals surface area contributed by atoms with Crippen LogP contribution in [0.1, 0.15) is 62.4 Å². The Balaban J connectivity index is 0.899. The van der Waals surface area contributed by atoms with Crippen molar-refractivity contribution in [2.75, 3.05) is 0 Å². The zero-order chi connectivity index (χ0) is 45.1. The monoisotopic (exact) mass is 867 g/mol. The van der Waals surface area contributed by atoms with Crippen molar-refractivity contribution in [2.24, 2.45) is 0 Å². The van der Waals surface area contributed by atoms with Crippen LogP contribution in [0.2, 0.25) is 0 Å². The van der Waals surface area contributed by atoms with E-state index in [9.17, 15) is 0 Å². The molecule has 0 saturated heterocycles. The van der Waals surface area contributed by atoms with Crippen LogP contribution in [0.3, 0.4) is 0 Å². The number of rotatable bonds is 6. The van der Waals surface area contributed by atoms with Gasteiger partial charge in [-0.2, -0.15) is 0 Å². The Morgan fingerprint density at radius 2 is 0.971 bits per heavy atom. The van der Waals surface area contributed by atoms with Gasteiger partial charge in [0.15, 0.2) is 0 Å². The average Bonchev–Trinajstić information content (AvgIpc) is 3.99. The van der Waals surface area contributed by atoms with E-state index in [1.54, 1.807) is 0 Å². The first kappa shape index (κ1) is 39.2. The third-order valence-corrected chi connectivity index (χ3v) is 16.0. The summed E-state index contributed by atoms with van der Waals surface area (Å²) in [4.78, 5) is 0. The number of benzene rings is 10. The number of aromatic nitrogens is 1. The molecule has 0 radical (unpaired) electrons. The summed E-state index contributed by atoms with van der Waals surface area (Å²) in [6, 6.07) is 83.1. The Morgan fingerprint density at radius 1 is 0.412 bits per heavy atom. The summed E-state index contributed by atoms with van der Waals surface area (Å²) in [7, 11) is 0. The van der Waals surface area contributed by atoms with Crippen LogP contribution < -0.4 is 0 Å². The van der Waals surface area contributed by atoms with Crippen LogP contribution >= 0.6 is 0 Å². The minimum absolute atomic E-state index is 0.430. The lowest BCUT2D eigenvalue weighted by atomic mass is 9.70. The van der Waals surface area contributed by atoms with Gasteiger partial charge in [-0.1, -0.05) is 182 Å². The highest BCUT2D eigenvalue weighted by Crippen LogP contribution is 2.63. The molecule has 0 fully saturated rings. The fraction of sp³-hybridized carbons (Fsp3) is 0.104. The molecule has 10 aromatic carbocycles. The summed E-state index contributed by atoms with van der Waals surface area (Å²) in [6.07, 6.45) is 3.15. The summed E-state index contributed by atoms with van der Waals surface area (Å²) < 4.78 is 2.51. The molecule has 0 amide bonds. The molecule has 3 aliphatic carbocycles. The second kappa shape index (κ2) is 15.0. The summed E-state index contributed by atoms with van der Waals surface area (Å²) in [6.45, 7) is 4.43. The summed E-state index contributed by atoms with van der Waals surface area (Å²) >= 11 is 0. The first-order valence-corrected chi connectivity index (χ1v) is 24.4. The molecule has 1 aromatic heterocycles. The van der Waals surface area contributed by atoms with Crippen LogP contribution in [-0.2, 0) is 18.3 Å². The van der Waals surface area contributed by atoms with E-state index in [4.69, 9.17) is 0 Å². The second-order valence-electron chi connectivity index (χ2n) is 19.6. The van der Waals surface area contributed by atoms with E-state index in [0.717, 1.165) is 19.3 Å². The Labute approximate surface area is 398 Å². The maximum atomic E-state index is 2.60. The van der Waals surface area contributed by atoms with Gasteiger partial charge in [0.2, 0.25) is 0 Å². The zero-order valence-electron chi connectivity index (χ0n) is 38.4. The molecule has 1 nitrogen and oxygen atoms in total. The zero-order valence-corrected chi connectivity index (χ0v) is 38.4. The normalized spacial score (nSPS) is 16.1. The first-order chi connectivity index (χ1) is 33.5. The predicted octanol–water partition coefficient (Wildman–Crippen LogP) is 17.0. The van der Waals surface area contributed by atoms with Gasteiger partial charge < -0.3 is 4.57 Å². The van der Waals surface area contributed by atoms with Gasteiger partial charge in [0.1, 0.15) is 0 Å². The molecule has 2 unspecified atom stereocenters. The van der Waals surface area contributed by atoms with Gasteiger partial charge in [-0.3, -0.25) is 0 Å². The Hall–Kier alpha value is -8.00. The largest absolute Gasteiger partial charge is 0.309 e. The predicted molar refractivity (Wildman–Crippen MR) is 284 cm³/mol. The van der Waals surface area contributed by atoms with Gasteiger partial charge in [-0.25, -0.2) is 0 Å². The standard InChI is InChI=1S/C67H49N/c1-42-15-3-6-18-50(42)47-30-34-53-46(38-45-17-5-8-20-52(45)59(53)39-47)29-27-44-28-33-56-54-21-9-12-24-61(54)67(63(56)37-44)62-25-13-10-22-55(62)57-35-32-49(41-64(57)67)68-65-26-14-11-23-58(65)60-40-48(31-36-66(60)68)51-19-7-4-16-43(51)2/h3-26,28,30-37,39-41,46H,27,29,38H2,1-2H3. The summed E-state index contributed by atoms with van der Waals surface area (Å²) in [5.41, 5.74) is 28.9. The van der Waals surface area contributed by atoms with Gasteiger partial charge in [0.05, 0.1) is 16.4 Å². The van der Waals surface area contributed by atoms with E-state index in [-0.39, 0.29) is 0 Å². The van der Waals surface area contributed by atoms with Crippen LogP contribution in [0.25, 0.3) is 83.1 Å². The number of para-hydroxylation sites is 1. The number of fused-ring (bicyclic) bond motifs is 16. The molecule has 3 aliphatic rings. The average molecular weight is 868 g/mol. The number of hydrogen-bond donors (Lipinski definition) is 0. The van der Waals surface area contributed by atoms with Crippen molar-refractivity contribution in [3.8, 4) is 61.3 Å². The van der Waals surface area contributed by atoms with Crippen molar-refractivity contribution < 1.29 is 0 Å². The van der Waals surface area contributed by atoms with Gasteiger partial charge in [-0.05, 0) is 181 Å². The molecule has 1 spiro atoms. The minimum atomic E-state index is -0.455. The highest BCUT2D eigenvalue weighted by Gasteiger charge is 2.52. The highest BCUT2D eigenvalue weighted by atomic mass is 15.0. The maximum Gasteiger partial charge on any atom is 0.0726 e. The summed E-state index contributed by atoms with van der Waals surface area (Å²) in [5.74, 6) is 0.430. The number of aryl methyl sites for hydroxylation is 3. The van der Waals surface area contributed by atoms with Gasteiger partial charge in [0, 0.05) is 16.5 Å². The van der Waals surface area contributed by atoms with E-state index in [2.05, 4.69) is 237 Å². The molecule has 0 saturated carbocycles. The molecule has 0 N–H and O–H groups in total. The lowest BCUT2D eigenvalue weighted by molar-refractivity contribution is 0.615. The SMILES string of the molecule is Cc1ccccc1-c1ccc2c(c1)-c1ccccc1CC2CCc1ccc2c(c1)C1(c3ccccc3-2)c2ccccc2-c2ccc(-n3c4ccccc4c4cc(-c5ccccc5C)ccc43)cc21. The Kier molecular flexibility index (Phi) is 8.65.